The van der Waals surface area contributed by atoms with Crippen LogP contribution in [0.2, 0.25) is 10.0 Å². The van der Waals surface area contributed by atoms with E-state index < -0.39 is 8.68 Å². The summed E-state index contributed by atoms with van der Waals surface area (Å²) in [5, 5.41) is 5.91. The third kappa shape index (κ3) is 2.31. The molecule has 0 saturated heterocycles. The SMILES string of the molecule is NS(=O)(=S)c1ccc(Cl)c(Cl)c1. The highest BCUT2D eigenvalue weighted by atomic mass is 35.5. The van der Waals surface area contributed by atoms with E-state index in [9.17, 15) is 4.21 Å². The van der Waals surface area contributed by atoms with Crippen LogP contribution in [0.1, 0.15) is 0 Å². The molecule has 6 heteroatoms. The van der Waals surface area contributed by atoms with Gasteiger partial charge in [-0.05, 0) is 18.2 Å². The molecule has 1 unspecified atom stereocenters. The minimum Gasteiger partial charge on any atom is -0.247 e. The quantitative estimate of drug-likeness (QED) is 0.818. The van der Waals surface area contributed by atoms with E-state index in [1.54, 1.807) is 0 Å². The number of hydrogen-bond acceptors (Lipinski definition) is 2. The Morgan fingerprint density at radius 3 is 2.33 bits per heavy atom. The van der Waals surface area contributed by atoms with Crippen molar-refractivity contribution >= 4 is 43.1 Å². The van der Waals surface area contributed by atoms with Crippen LogP contribution in [0.25, 0.3) is 0 Å². The van der Waals surface area contributed by atoms with E-state index >= 15 is 0 Å². The Kier molecular flexibility index (Phi) is 2.96. The van der Waals surface area contributed by atoms with Gasteiger partial charge in [0, 0.05) is 11.2 Å². The Hall–Kier alpha value is 0.130. The molecule has 0 aliphatic rings. The van der Waals surface area contributed by atoms with Crippen molar-refractivity contribution in [3.8, 4) is 0 Å². The summed E-state index contributed by atoms with van der Waals surface area (Å²) >= 11 is 15.8. The van der Waals surface area contributed by atoms with Crippen molar-refractivity contribution in [2.75, 3.05) is 0 Å². The number of nitrogens with two attached hydrogens (primary N) is 1. The van der Waals surface area contributed by atoms with Crippen LogP contribution in [-0.2, 0) is 19.9 Å². The lowest BCUT2D eigenvalue weighted by Crippen LogP contribution is -2.10. The molecule has 0 fully saturated rings. The van der Waals surface area contributed by atoms with Gasteiger partial charge in [-0.2, -0.15) is 0 Å². The van der Waals surface area contributed by atoms with E-state index in [0.29, 0.717) is 14.9 Å². The van der Waals surface area contributed by atoms with Gasteiger partial charge in [0.1, 0.15) is 8.68 Å². The molecule has 0 saturated carbocycles. The van der Waals surface area contributed by atoms with Crippen molar-refractivity contribution in [3.05, 3.63) is 28.2 Å². The first kappa shape index (κ1) is 10.2. The second kappa shape index (κ2) is 3.47. The summed E-state index contributed by atoms with van der Waals surface area (Å²) in [6, 6.07) is 4.43. The first-order chi connectivity index (χ1) is 5.41. The highest BCUT2D eigenvalue weighted by molar-refractivity contribution is 8.31. The Bertz CT molecular complexity index is 402. The predicted molar refractivity (Wildman–Crippen MR) is 54.4 cm³/mol. The summed E-state index contributed by atoms with van der Waals surface area (Å²) in [6.45, 7) is 0. The number of hydrogen-bond donors (Lipinski definition) is 1. The molecular formula is C6H5Cl2NOS2. The van der Waals surface area contributed by atoms with Crippen LogP contribution >= 0.6 is 23.2 Å². The molecule has 0 bridgehead atoms. The van der Waals surface area contributed by atoms with E-state index in [1.807, 2.05) is 0 Å². The minimum atomic E-state index is -2.85. The number of rotatable bonds is 1. The Morgan fingerprint density at radius 2 is 1.92 bits per heavy atom. The Morgan fingerprint density at radius 1 is 1.33 bits per heavy atom. The predicted octanol–water partition coefficient (Wildman–Crippen LogP) is 1.97. The van der Waals surface area contributed by atoms with Gasteiger partial charge in [-0.25, -0.2) is 9.35 Å². The summed E-state index contributed by atoms with van der Waals surface area (Å²) in [5.41, 5.74) is 0. The lowest BCUT2D eigenvalue weighted by Gasteiger charge is -2.01. The first-order valence-electron chi connectivity index (χ1n) is 2.89. The maximum Gasteiger partial charge on any atom is 0.116 e. The molecule has 0 spiro atoms. The first-order valence-corrected chi connectivity index (χ1v) is 6.19. The monoisotopic (exact) mass is 241 g/mol. The summed E-state index contributed by atoms with van der Waals surface area (Å²) < 4.78 is 11.1. The van der Waals surface area contributed by atoms with Gasteiger partial charge in [-0.3, -0.25) is 0 Å². The average Bonchev–Trinajstić information content (AvgIpc) is 1.92. The summed E-state index contributed by atoms with van der Waals surface area (Å²) in [6.07, 6.45) is 0. The molecule has 1 aromatic rings. The van der Waals surface area contributed by atoms with E-state index in [-0.39, 0.29) is 0 Å². The van der Waals surface area contributed by atoms with Gasteiger partial charge < -0.3 is 0 Å². The van der Waals surface area contributed by atoms with E-state index in [1.165, 1.54) is 18.2 Å². The second-order valence-electron chi connectivity index (χ2n) is 2.12. The van der Waals surface area contributed by atoms with Crippen LogP contribution in [0, 0.1) is 0 Å². The molecule has 12 heavy (non-hydrogen) atoms. The molecular weight excluding hydrogens is 237 g/mol. The average molecular weight is 242 g/mol. The van der Waals surface area contributed by atoms with Gasteiger partial charge in [0.15, 0.2) is 0 Å². The molecule has 0 radical (unpaired) electrons. The lowest BCUT2D eigenvalue weighted by atomic mass is 10.4. The summed E-state index contributed by atoms with van der Waals surface area (Å²) in [5.74, 6) is 0. The standard InChI is InChI=1S/C6H5Cl2NOS2/c7-5-2-1-4(3-6(5)8)12(9,10)11/h1-3H,(H2,9,10,11). The number of benzene rings is 1. The molecule has 66 valence electrons. The van der Waals surface area contributed by atoms with E-state index in [0.717, 1.165) is 0 Å². The molecule has 0 aliphatic heterocycles. The summed E-state index contributed by atoms with van der Waals surface area (Å²) in [4.78, 5) is 0.326. The van der Waals surface area contributed by atoms with Gasteiger partial charge in [0.2, 0.25) is 0 Å². The fourth-order valence-corrected chi connectivity index (χ4v) is 1.87. The maximum atomic E-state index is 11.1. The van der Waals surface area contributed by atoms with E-state index in [4.69, 9.17) is 28.3 Å². The molecule has 0 heterocycles. The second-order valence-corrected chi connectivity index (χ2v) is 5.98. The van der Waals surface area contributed by atoms with Crippen molar-refractivity contribution in [2.45, 2.75) is 4.90 Å². The van der Waals surface area contributed by atoms with Gasteiger partial charge in [-0.15, -0.1) is 0 Å². The van der Waals surface area contributed by atoms with Crippen LogP contribution in [0.5, 0.6) is 0 Å². The molecule has 1 aromatic carbocycles. The highest BCUT2D eigenvalue weighted by Gasteiger charge is 2.05. The van der Waals surface area contributed by atoms with Gasteiger partial charge in [0.25, 0.3) is 0 Å². The minimum absolute atomic E-state index is 0.303. The van der Waals surface area contributed by atoms with Crippen molar-refractivity contribution < 1.29 is 4.21 Å². The summed E-state index contributed by atoms with van der Waals surface area (Å²) in [7, 11) is -2.85. The molecule has 1 atom stereocenters. The van der Waals surface area contributed by atoms with Crippen molar-refractivity contribution in [2.24, 2.45) is 5.14 Å². The van der Waals surface area contributed by atoms with E-state index in [2.05, 4.69) is 11.2 Å². The topological polar surface area (TPSA) is 43.1 Å². The van der Waals surface area contributed by atoms with Crippen molar-refractivity contribution in [3.63, 3.8) is 0 Å². The third-order valence-corrected chi connectivity index (χ3v) is 3.45. The molecule has 2 N–H and O–H groups in total. The zero-order valence-electron chi connectivity index (χ0n) is 5.79. The Balaban J connectivity index is 3.33. The molecule has 0 amide bonds. The Labute approximate surface area is 85.5 Å². The number of halogens is 2. The largest absolute Gasteiger partial charge is 0.247 e. The van der Waals surface area contributed by atoms with Gasteiger partial charge >= 0.3 is 0 Å². The zero-order valence-corrected chi connectivity index (χ0v) is 8.93. The maximum absolute atomic E-state index is 11.1. The molecule has 1 rings (SSSR count). The normalized spacial score (nSPS) is 15.6. The van der Waals surface area contributed by atoms with Crippen LogP contribution < -0.4 is 5.14 Å². The molecule has 2 nitrogen and oxygen atoms in total. The van der Waals surface area contributed by atoms with Gasteiger partial charge in [0.05, 0.1) is 14.9 Å². The fraction of sp³-hybridized carbons (Fsp3) is 0. The van der Waals surface area contributed by atoms with Crippen LogP contribution in [-0.4, -0.2) is 4.21 Å². The van der Waals surface area contributed by atoms with Gasteiger partial charge in [-0.1, -0.05) is 23.2 Å². The lowest BCUT2D eigenvalue weighted by molar-refractivity contribution is 0.683. The fourth-order valence-electron chi connectivity index (χ4n) is 0.654. The third-order valence-electron chi connectivity index (χ3n) is 1.22. The highest BCUT2D eigenvalue weighted by Crippen LogP contribution is 2.24. The van der Waals surface area contributed by atoms with Crippen molar-refractivity contribution in [1.82, 2.24) is 0 Å². The van der Waals surface area contributed by atoms with Crippen LogP contribution in [0.15, 0.2) is 23.1 Å². The molecule has 0 aromatic heterocycles. The molecule has 0 aliphatic carbocycles. The van der Waals surface area contributed by atoms with Crippen molar-refractivity contribution in [1.29, 1.82) is 0 Å². The smallest absolute Gasteiger partial charge is 0.116 e. The van der Waals surface area contributed by atoms with Crippen LogP contribution in [0.3, 0.4) is 0 Å². The van der Waals surface area contributed by atoms with Crippen LogP contribution in [0.4, 0.5) is 0 Å². The zero-order chi connectivity index (χ0) is 9.35.